The number of ether oxygens (including phenoxy) is 2. The van der Waals surface area contributed by atoms with Gasteiger partial charge in [-0.05, 0) is 12.8 Å². The molecule has 0 aromatic heterocycles. The third kappa shape index (κ3) is 60.1. The topological polar surface area (TPSA) is 134 Å². The van der Waals surface area contributed by atoms with Crippen LogP contribution in [0.3, 0.4) is 0 Å². The van der Waals surface area contributed by atoms with E-state index in [1.54, 1.807) is 0 Å². The van der Waals surface area contributed by atoms with Gasteiger partial charge in [0.15, 0.2) is 6.10 Å². The molecule has 0 heterocycles. The molecular formula is C63H126NO8P. The molecule has 10 heteroatoms. The zero-order chi connectivity index (χ0) is 53.1. The maximum absolute atomic E-state index is 12.7. The van der Waals surface area contributed by atoms with Crippen LogP contribution in [-0.4, -0.2) is 49.3 Å². The predicted octanol–water partition coefficient (Wildman–Crippen LogP) is 20.6. The minimum atomic E-state index is -4.38. The van der Waals surface area contributed by atoms with Gasteiger partial charge in [0, 0.05) is 19.4 Å². The molecule has 436 valence electrons. The summed E-state index contributed by atoms with van der Waals surface area (Å²) in [4.78, 5) is 35.3. The monoisotopic (exact) mass is 1060 g/mol. The second-order valence-electron chi connectivity index (χ2n) is 22.4. The van der Waals surface area contributed by atoms with E-state index in [1.807, 2.05) is 0 Å². The van der Waals surface area contributed by atoms with Crippen LogP contribution in [0.4, 0.5) is 0 Å². The molecule has 0 aliphatic rings. The molecule has 73 heavy (non-hydrogen) atoms. The molecule has 0 radical (unpaired) electrons. The summed E-state index contributed by atoms with van der Waals surface area (Å²) >= 11 is 0. The summed E-state index contributed by atoms with van der Waals surface area (Å²) in [6.45, 7) is 3.84. The third-order valence-electron chi connectivity index (χ3n) is 15.0. The van der Waals surface area contributed by atoms with Gasteiger partial charge in [0.05, 0.1) is 13.2 Å². The van der Waals surface area contributed by atoms with E-state index in [0.717, 1.165) is 32.1 Å². The van der Waals surface area contributed by atoms with Gasteiger partial charge in [-0.3, -0.25) is 18.6 Å². The van der Waals surface area contributed by atoms with E-state index in [-0.39, 0.29) is 32.1 Å². The standard InChI is InChI=1S/C63H126NO8P/c1-3-5-7-9-11-13-15-17-19-21-23-25-27-28-29-30-31-32-34-36-38-40-42-44-46-48-50-52-54-56-63(66)72-61(60-71-73(67,68)70-58-57-64)59-69-62(65)55-53-51-49-47-45-43-41-39-37-35-33-26-24-22-20-18-16-14-12-10-8-6-4-2/h61H,3-60,64H2,1-2H3,(H,67,68). The predicted molar refractivity (Wildman–Crippen MR) is 312 cm³/mol. The van der Waals surface area contributed by atoms with Crippen LogP contribution in [-0.2, 0) is 32.7 Å². The molecule has 0 amide bonds. The number of unbranched alkanes of at least 4 members (excludes halogenated alkanes) is 50. The largest absolute Gasteiger partial charge is 0.472 e. The van der Waals surface area contributed by atoms with Crippen molar-refractivity contribution in [1.82, 2.24) is 0 Å². The molecule has 0 aromatic rings. The molecule has 0 bridgehead atoms. The van der Waals surface area contributed by atoms with Gasteiger partial charge >= 0.3 is 19.8 Å². The zero-order valence-electron chi connectivity index (χ0n) is 48.9. The van der Waals surface area contributed by atoms with Gasteiger partial charge in [0.1, 0.15) is 6.61 Å². The molecule has 2 atom stereocenters. The number of hydrogen-bond acceptors (Lipinski definition) is 8. The molecule has 0 saturated heterocycles. The fourth-order valence-corrected chi connectivity index (χ4v) is 10.9. The number of phosphoric ester groups is 1. The average Bonchev–Trinajstić information content (AvgIpc) is 3.38. The molecule has 0 rings (SSSR count). The van der Waals surface area contributed by atoms with E-state index in [0.29, 0.717) is 12.8 Å². The van der Waals surface area contributed by atoms with Crippen molar-refractivity contribution in [3.63, 3.8) is 0 Å². The summed E-state index contributed by atoms with van der Waals surface area (Å²) < 4.78 is 33.1. The Hall–Kier alpha value is -0.990. The highest BCUT2D eigenvalue weighted by Crippen LogP contribution is 2.43. The Labute approximate surface area is 454 Å². The van der Waals surface area contributed by atoms with Crippen LogP contribution >= 0.6 is 7.82 Å². The lowest BCUT2D eigenvalue weighted by molar-refractivity contribution is -0.161. The summed E-state index contributed by atoms with van der Waals surface area (Å²) in [5, 5.41) is 0. The SMILES string of the molecule is CCCCCCCCCCCCCCCCCCCCCCCCCCCCCCCC(=O)OC(COC(=O)CCCCCCCCCCCCCCCCCCCCCCCCC)COP(=O)(O)OCCN. The molecule has 0 fully saturated rings. The normalized spacial score (nSPS) is 12.9. The molecule has 0 spiro atoms. The molecule has 9 nitrogen and oxygen atoms in total. The van der Waals surface area contributed by atoms with Crippen molar-refractivity contribution < 1.29 is 37.6 Å². The molecule has 0 aliphatic carbocycles. The number of esters is 2. The Morgan fingerprint density at radius 3 is 0.836 bits per heavy atom. The van der Waals surface area contributed by atoms with Crippen LogP contribution in [0.5, 0.6) is 0 Å². The van der Waals surface area contributed by atoms with Gasteiger partial charge < -0.3 is 20.1 Å². The van der Waals surface area contributed by atoms with E-state index >= 15 is 0 Å². The first-order chi connectivity index (χ1) is 35.8. The fourth-order valence-electron chi connectivity index (χ4n) is 10.2. The minimum absolute atomic E-state index is 0.0587. The summed E-state index contributed by atoms with van der Waals surface area (Å²) in [6, 6.07) is 0. The summed E-state index contributed by atoms with van der Waals surface area (Å²) in [7, 11) is -4.38. The third-order valence-corrected chi connectivity index (χ3v) is 16.0. The van der Waals surface area contributed by atoms with Crippen LogP contribution in [0.1, 0.15) is 361 Å². The van der Waals surface area contributed by atoms with E-state index in [1.165, 1.54) is 295 Å². The first kappa shape index (κ1) is 72.0. The van der Waals surface area contributed by atoms with Gasteiger partial charge in [-0.25, -0.2) is 4.57 Å². The number of hydrogen-bond donors (Lipinski definition) is 2. The highest BCUT2D eigenvalue weighted by atomic mass is 31.2. The first-order valence-electron chi connectivity index (χ1n) is 32.5. The number of nitrogens with two attached hydrogens (primary N) is 1. The van der Waals surface area contributed by atoms with E-state index in [4.69, 9.17) is 24.3 Å². The quantitative estimate of drug-likeness (QED) is 0.0347. The molecule has 2 unspecified atom stereocenters. The van der Waals surface area contributed by atoms with Gasteiger partial charge in [-0.15, -0.1) is 0 Å². The summed E-state index contributed by atoms with van der Waals surface area (Å²) in [6.07, 6.45) is 69.0. The molecule has 0 aliphatic heterocycles. The van der Waals surface area contributed by atoms with Crippen LogP contribution in [0, 0.1) is 0 Å². The number of rotatable bonds is 63. The van der Waals surface area contributed by atoms with Gasteiger partial charge in [-0.2, -0.15) is 0 Å². The van der Waals surface area contributed by atoms with Crippen molar-refractivity contribution in [1.29, 1.82) is 0 Å². The number of carbonyl (C=O) groups is 2. The van der Waals surface area contributed by atoms with Crippen molar-refractivity contribution in [2.75, 3.05) is 26.4 Å². The van der Waals surface area contributed by atoms with Crippen molar-refractivity contribution in [2.24, 2.45) is 5.73 Å². The molecule has 0 saturated carbocycles. The Morgan fingerprint density at radius 1 is 0.356 bits per heavy atom. The Balaban J connectivity index is 3.83. The van der Waals surface area contributed by atoms with Crippen molar-refractivity contribution in [3.05, 3.63) is 0 Å². The first-order valence-corrected chi connectivity index (χ1v) is 34.0. The Bertz CT molecular complexity index is 1160. The second-order valence-corrected chi connectivity index (χ2v) is 23.8. The van der Waals surface area contributed by atoms with E-state index in [2.05, 4.69) is 13.8 Å². The van der Waals surface area contributed by atoms with Crippen LogP contribution in [0.25, 0.3) is 0 Å². The lowest BCUT2D eigenvalue weighted by Crippen LogP contribution is -2.29. The molecule has 3 N–H and O–H groups in total. The maximum Gasteiger partial charge on any atom is 0.472 e. The fraction of sp³-hybridized carbons (Fsp3) is 0.968. The lowest BCUT2D eigenvalue weighted by atomic mass is 10.0. The van der Waals surface area contributed by atoms with Crippen molar-refractivity contribution >= 4 is 19.8 Å². The zero-order valence-corrected chi connectivity index (χ0v) is 49.8. The van der Waals surface area contributed by atoms with Gasteiger partial charge in [0.25, 0.3) is 0 Å². The van der Waals surface area contributed by atoms with E-state index in [9.17, 15) is 19.0 Å². The highest BCUT2D eigenvalue weighted by Gasteiger charge is 2.26. The van der Waals surface area contributed by atoms with Crippen LogP contribution < -0.4 is 5.73 Å². The minimum Gasteiger partial charge on any atom is -0.462 e. The summed E-state index contributed by atoms with van der Waals surface area (Å²) in [5.74, 6) is -0.799. The van der Waals surface area contributed by atoms with Gasteiger partial charge in [0.2, 0.25) is 0 Å². The van der Waals surface area contributed by atoms with Crippen LogP contribution in [0.2, 0.25) is 0 Å². The smallest absolute Gasteiger partial charge is 0.462 e. The highest BCUT2D eigenvalue weighted by molar-refractivity contribution is 7.47. The Morgan fingerprint density at radius 2 is 0.589 bits per heavy atom. The molecular weight excluding hydrogens is 930 g/mol. The maximum atomic E-state index is 12.7. The van der Waals surface area contributed by atoms with Gasteiger partial charge in [-0.1, -0.05) is 335 Å². The van der Waals surface area contributed by atoms with E-state index < -0.39 is 26.5 Å². The average molecular weight is 1060 g/mol. The molecule has 0 aromatic carbocycles. The number of phosphoric acid groups is 1. The lowest BCUT2D eigenvalue weighted by Gasteiger charge is -2.19. The van der Waals surface area contributed by atoms with Crippen molar-refractivity contribution in [3.8, 4) is 0 Å². The Kier molecular flexibility index (Phi) is 59.4. The van der Waals surface area contributed by atoms with Crippen molar-refractivity contribution in [2.45, 2.75) is 367 Å². The summed E-state index contributed by atoms with van der Waals surface area (Å²) in [5.41, 5.74) is 5.39. The number of carbonyl (C=O) groups excluding carboxylic acids is 2. The van der Waals surface area contributed by atoms with Crippen LogP contribution in [0.15, 0.2) is 0 Å². The second kappa shape index (κ2) is 60.2.